The lowest BCUT2D eigenvalue weighted by Crippen LogP contribution is -2.40. The largest absolute Gasteiger partial charge is 0.367 e. The lowest BCUT2D eigenvalue weighted by atomic mass is 9.96. The SMILES string of the molecule is CCN(Cc1ccccc1)c1ccc(C=NNC(=S)NC2CCCCC2)cc1. The molecule has 0 bridgehead atoms. The Morgan fingerprint density at radius 1 is 1.07 bits per heavy atom. The van der Waals surface area contributed by atoms with Gasteiger partial charge in [-0.3, -0.25) is 5.43 Å². The van der Waals surface area contributed by atoms with E-state index in [0.717, 1.165) is 18.7 Å². The van der Waals surface area contributed by atoms with Crippen LogP contribution in [0.3, 0.4) is 0 Å². The van der Waals surface area contributed by atoms with Crippen molar-refractivity contribution in [1.82, 2.24) is 10.7 Å². The fourth-order valence-electron chi connectivity index (χ4n) is 3.59. The molecular weight excluding hydrogens is 364 g/mol. The van der Waals surface area contributed by atoms with Crippen molar-refractivity contribution in [3.8, 4) is 0 Å². The highest BCUT2D eigenvalue weighted by Gasteiger charge is 2.13. The first-order valence-corrected chi connectivity index (χ1v) is 10.6. The highest BCUT2D eigenvalue weighted by molar-refractivity contribution is 7.80. The van der Waals surface area contributed by atoms with Gasteiger partial charge in [-0.05, 0) is 55.2 Å². The van der Waals surface area contributed by atoms with Crippen molar-refractivity contribution >= 4 is 29.2 Å². The number of hydrogen-bond donors (Lipinski definition) is 2. The van der Waals surface area contributed by atoms with E-state index in [2.05, 4.69) is 82.3 Å². The Balaban J connectivity index is 1.50. The van der Waals surface area contributed by atoms with Gasteiger partial charge in [0.15, 0.2) is 5.11 Å². The number of benzene rings is 2. The monoisotopic (exact) mass is 394 g/mol. The van der Waals surface area contributed by atoms with E-state index in [-0.39, 0.29) is 0 Å². The molecule has 0 unspecified atom stereocenters. The number of hydrazone groups is 1. The molecule has 0 heterocycles. The van der Waals surface area contributed by atoms with Crippen LogP contribution >= 0.6 is 12.2 Å². The Hall–Kier alpha value is -2.40. The first-order valence-electron chi connectivity index (χ1n) is 10.2. The van der Waals surface area contributed by atoms with Gasteiger partial charge in [-0.15, -0.1) is 0 Å². The van der Waals surface area contributed by atoms with Crippen LogP contribution in [0.25, 0.3) is 0 Å². The van der Waals surface area contributed by atoms with Gasteiger partial charge in [-0.25, -0.2) is 0 Å². The molecule has 28 heavy (non-hydrogen) atoms. The van der Waals surface area contributed by atoms with Gasteiger partial charge < -0.3 is 10.2 Å². The molecule has 1 aliphatic carbocycles. The van der Waals surface area contributed by atoms with E-state index in [0.29, 0.717) is 11.2 Å². The van der Waals surface area contributed by atoms with Gasteiger partial charge in [0.1, 0.15) is 0 Å². The van der Waals surface area contributed by atoms with E-state index in [1.807, 2.05) is 6.21 Å². The quantitative estimate of drug-likeness (QED) is 0.400. The number of anilines is 1. The van der Waals surface area contributed by atoms with Gasteiger partial charge in [0.05, 0.1) is 6.21 Å². The van der Waals surface area contributed by atoms with Crippen LogP contribution in [0.2, 0.25) is 0 Å². The lowest BCUT2D eigenvalue weighted by molar-refractivity contribution is 0.412. The molecule has 0 radical (unpaired) electrons. The molecule has 4 nitrogen and oxygen atoms in total. The normalized spacial score (nSPS) is 14.8. The third kappa shape index (κ3) is 6.34. The van der Waals surface area contributed by atoms with E-state index in [4.69, 9.17) is 12.2 Å². The van der Waals surface area contributed by atoms with Crippen LogP contribution in [-0.2, 0) is 6.54 Å². The number of rotatable bonds is 7. The molecule has 3 rings (SSSR count). The Kier molecular flexibility index (Phi) is 7.85. The maximum Gasteiger partial charge on any atom is 0.187 e. The van der Waals surface area contributed by atoms with Crippen LogP contribution in [0.5, 0.6) is 0 Å². The summed E-state index contributed by atoms with van der Waals surface area (Å²) in [6.45, 7) is 4.06. The topological polar surface area (TPSA) is 39.7 Å². The molecule has 0 saturated heterocycles. The second-order valence-corrected chi connectivity index (χ2v) is 7.68. The Bertz CT molecular complexity index is 752. The molecule has 2 N–H and O–H groups in total. The molecule has 148 valence electrons. The third-order valence-electron chi connectivity index (χ3n) is 5.18. The zero-order chi connectivity index (χ0) is 19.6. The summed E-state index contributed by atoms with van der Waals surface area (Å²) in [4.78, 5) is 2.36. The first kappa shape index (κ1) is 20.3. The molecule has 0 aromatic heterocycles. The molecule has 0 atom stereocenters. The number of nitrogens with zero attached hydrogens (tertiary/aromatic N) is 2. The minimum atomic E-state index is 0.493. The summed E-state index contributed by atoms with van der Waals surface area (Å²) >= 11 is 5.34. The Morgan fingerprint density at radius 2 is 1.79 bits per heavy atom. The number of hydrogen-bond acceptors (Lipinski definition) is 3. The Morgan fingerprint density at radius 3 is 2.46 bits per heavy atom. The molecule has 0 aliphatic heterocycles. The highest BCUT2D eigenvalue weighted by Crippen LogP contribution is 2.18. The average molecular weight is 395 g/mol. The van der Waals surface area contributed by atoms with Crippen molar-refractivity contribution in [2.45, 2.75) is 51.6 Å². The summed E-state index contributed by atoms with van der Waals surface area (Å²) in [5, 5.41) is 8.25. The van der Waals surface area contributed by atoms with Crippen LogP contribution < -0.4 is 15.6 Å². The molecular formula is C23H30N4S. The minimum absolute atomic E-state index is 0.493. The van der Waals surface area contributed by atoms with Crippen LogP contribution in [-0.4, -0.2) is 23.9 Å². The first-order chi connectivity index (χ1) is 13.7. The van der Waals surface area contributed by atoms with Crippen molar-refractivity contribution < 1.29 is 0 Å². The Labute approximate surface area is 174 Å². The van der Waals surface area contributed by atoms with E-state index in [1.54, 1.807) is 0 Å². The smallest absolute Gasteiger partial charge is 0.187 e. The number of thiocarbonyl (C=S) groups is 1. The molecule has 1 saturated carbocycles. The van der Waals surface area contributed by atoms with Crippen LogP contribution in [0.15, 0.2) is 59.7 Å². The maximum absolute atomic E-state index is 5.34. The zero-order valence-electron chi connectivity index (χ0n) is 16.6. The fourth-order valence-corrected chi connectivity index (χ4v) is 3.81. The van der Waals surface area contributed by atoms with E-state index < -0.39 is 0 Å². The summed E-state index contributed by atoms with van der Waals surface area (Å²) in [5.74, 6) is 0. The van der Waals surface area contributed by atoms with Crippen molar-refractivity contribution in [3.05, 3.63) is 65.7 Å². The van der Waals surface area contributed by atoms with Crippen molar-refractivity contribution in [3.63, 3.8) is 0 Å². The van der Waals surface area contributed by atoms with Gasteiger partial charge in [-0.2, -0.15) is 5.10 Å². The van der Waals surface area contributed by atoms with Gasteiger partial charge in [0.2, 0.25) is 0 Å². The second kappa shape index (κ2) is 10.8. The van der Waals surface area contributed by atoms with E-state index in [1.165, 1.54) is 43.4 Å². The van der Waals surface area contributed by atoms with Crippen molar-refractivity contribution in [1.29, 1.82) is 0 Å². The molecule has 1 fully saturated rings. The molecule has 2 aromatic carbocycles. The van der Waals surface area contributed by atoms with Crippen LogP contribution in [0.1, 0.15) is 50.2 Å². The summed E-state index contributed by atoms with van der Waals surface area (Å²) < 4.78 is 0. The standard InChI is InChI=1S/C23H30N4S/c1-2-27(18-20-9-5-3-6-10-20)22-15-13-19(14-16-22)17-24-26-23(28)25-21-11-7-4-8-12-21/h3,5-6,9-10,13-17,21H,2,4,7-8,11-12,18H2,1H3,(H2,25,26,28). The molecule has 5 heteroatoms. The minimum Gasteiger partial charge on any atom is -0.367 e. The molecule has 0 amide bonds. The number of nitrogens with one attached hydrogen (secondary N) is 2. The van der Waals surface area contributed by atoms with Crippen LogP contribution in [0.4, 0.5) is 5.69 Å². The lowest BCUT2D eigenvalue weighted by Gasteiger charge is -2.23. The molecule has 1 aliphatic rings. The summed E-state index contributed by atoms with van der Waals surface area (Å²) in [7, 11) is 0. The van der Waals surface area contributed by atoms with E-state index >= 15 is 0 Å². The molecule has 0 spiro atoms. The second-order valence-electron chi connectivity index (χ2n) is 7.27. The average Bonchev–Trinajstić information content (AvgIpc) is 2.74. The van der Waals surface area contributed by atoms with Crippen molar-refractivity contribution in [2.75, 3.05) is 11.4 Å². The van der Waals surface area contributed by atoms with Gasteiger partial charge in [0.25, 0.3) is 0 Å². The summed E-state index contributed by atoms with van der Waals surface area (Å²) in [5.41, 5.74) is 6.52. The van der Waals surface area contributed by atoms with Gasteiger partial charge in [-0.1, -0.05) is 61.7 Å². The van der Waals surface area contributed by atoms with Crippen LogP contribution in [0, 0.1) is 0 Å². The van der Waals surface area contributed by atoms with Gasteiger partial charge >= 0.3 is 0 Å². The van der Waals surface area contributed by atoms with E-state index in [9.17, 15) is 0 Å². The predicted octanol–water partition coefficient (Wildman–Crippen LogP) is 4.84. The fraction of sp³-hybridized carbons (Fsp3) is 0.391. The predicted molar refractivity (Wildman–Crippen MR) is 123 cm³/mol. The highest BCUT2D eigenvalue weighted by atomic mass is 32.1. The summed E-state index contributed by atoms with van der Waals surface area (Å²) in [6, 6.07) is 19.5. The molecule has 2 aromatic rings. The third-order valence-corrected chi connectivity index (χ3v) is 5.39. The maximum atomic E-state index is 5.34. The zero-order valence-corrected chi connectivity index (χ0v) is 17.4. The van der Waals surface area contributed by atoms with Crippen molar-refractivity contribution in [2.24, 2.45) is 5.10 Å². The van der Waals surface area contributed by atoms with Gasteiger partial charge in [0, 0.05) is 24.8 Å². The summed E-state index contributed by atoms with van der Waals surface area (Å²) in [6.07, 6.45) is 8.12.